The van der Waals surface area contributed by atoms with E-state index in [9.17, 15) is 0 Å². The molecule has 5 heteroatoms. The van der Waals surface area contributed by atoms with Gasteiger partial charge in [-0.25, -0.2) is 4.98 Å². The van der Waals surface area contributed by atoms with E-state index in [0.717, 1.165) is 33.4 Å². The predicted molar refractivity (Wildman–Crippen MR) is 75.5 cm³/mol. The van der Waals surface area contributed by atoms with Gasteiger partial charge in [-0.2, -0.15) is 0 Å². The van der Waals surface area contributed by atoms with E-state index in [-0.39, 0.29) is 0 Å². The minimum atomic E-state index is 0.612. The molecule has 3 aromatic rings. The molecule has 0 radical (unpaired) electrons. The average Bonchev–Trinajstić information content (AvgIpc) is 2.96. The molecule has 4 nitrogen and oxygen atoms in total. The van der Waals surface area contributed by atoms with E-state index in [1.807, 2.05) is 37.4 Å². The van der Waals surface area contributed by atoms with Crippen molar-refractivity contribution in [3.8, 4) is 0 Å². The molecule has 0 aliphatic rings. The van der Waals surface area contributed by atoms with Gasteiger partial charge in [-0.05, 0) is 31.7 Å². The van der Waals surface area contributed by atoms with Crippen molar-refractivity contribution >= 4 is 17.4 Å². The Labute approximate surface area is 115 Å². The van der Waals surface area contributed by atoms with E-state index in [1.165, 1.54) is 0 Å². The number of rotatable bonds is 4. The Kier molecular flexibility index (Phi) is 3.31. The second kappa shape index (κ2) is 5.11. The Morgan fingerprint density at radius 2 is 2.26 bits per heavy atom. The SMILES string of the molecule is Cc1occc1Sc1nc2ccccn2c1CCN. The molecule has 3 aromatic heterocycles. The van der Waals surface area contributed by atoms with E-state index < -0.39 is 0 Å². The normalized spacial score (nSPS) is 11.3. The minimum absolute atomic E-state index is 0.612. The highest BCUT2D eigenvalue weighted by Gasteiger charge is 2.14. The molecule has 0 bridgehead atoms. The summed E-state index contributed by atoms with van der Waals surface area (Å²) >= 11 is 1.63. The lowest BCUT2D eigenvalue weighted by Crippen LogP contribution is -2.05. The van der Waals surface area contributed by atoms with Crippen LogP contribution >= 0.6 is 11.8 Å². The number of hydrogen-bond donors (Lipinski definition) is 1. The number of hydrogen-bond acceptors (Lipinski definition) is 4. The number of fused-ring (bicyclic) bond motifs is 1. The summed E-state index contributed by atoms with van der Waals surface area (Å²) in [6.45, 7) is 2.57. The van der Waals surface area contributed by atoms with Crippen LogP contribution in [-0.4, -0.2) is 15.9 Å². The number of furan rings is 1. The summed E-state index contributed by atoms with van der Waals surface area (Å²) in [5, 5.41) is 1.00. The third kappa shape index (κ3) is 2.27. The van der Waals surface area contributed by atoms with Crippen LogP contribution in [0.1, 0.15) is 11.5 Å². The Morgan fingerprint density at radius 1 is 1.37 bits per heavy atom. The van der Waals surface area contributed by atoms with E-state index in [1.54, 1.807) is 18.0 Å². The molecule has 0 saturated heterocycles. The van der Waals surface area contributed by atoms with Crippen LogP contribution in [0.2, 0.25) is 0 Å². The highest BCUT2D eigenvalue weighted by Crippen LogP contribution is 2.33. The molecule has 0 saturated carbocycles. The van der Waals surface area contributed by atoms with Crippen LogP contribution in [-0.2, 0) is 6.42 Å². The summed E-state index contributed by atoms with van der Waals surface area (Å²) in [7, 11) is 0. The fourth-order valence-corrected chi connectivity index (χ4v) is 3.04. The maximum atomic E-state index is 5.71. The van der Waals surface area contributed by atoms with Crippen LogP contribution < -0.4 is 5.73 Å². The number of pyridine rings is 1. The summed E-state index contributed by atoms with van der Waals surface area (Å²) in [6.07, 6.45) is 4.54. The van der Waals surface area contributed by atoms with E-state index >= 15 is 0 Å². The van der Waals surface area contributed by atoms with Crippen molar-refractivity contribution in [1.29, 1.82) is 0 Å². The van der Waals surface area contributed by atoms with Gasteiger partial charge in [-0.3, -0.25) is 0 Å². The summed E-state index contributed by atoms with van der Waals surface area (Å²) in [5.41, 5.74) is 7.82. The number of aryl methyl sites for hydroxylation is 1. The molecule has 0 aliphatic heterocycles. The highest BCUT2D eigenvalue weighted by atomic mass is 32.2. The van der Waals surface area contributed by atoms with Crippen LogP contribution in [0.15, 0.2) is 51.1 Å². The number of imidazole rings is 1. The van der Waals surface area contributed by atoms with Crippen molar-refractivity contribution in [3.05, 3.63) is 48.2 Å². The monoisotopic (exact) mass is 273 g/mol. The second-order valence-electron chi connectivity index (χ2n) is 4.27. The lowest BCUT2D eigenvalue weighted by Gasteiger charge is -2.02. The van der Waals surface area contributed by atoms with Crippen LogP contribution in [0.3, 0.4) is 0 Å². The third-order valence-corrected chi connectivity index (χ3v) is 4.15. The maximum absolute atomic E-state index is 5.71. The zero-order valence-electron chi connectivity index (χ0n) is 10.7. The Hall–Kier alpha value is -1.72. The lowest BCUT2D eigenvalue weighted by atomic mass is 10.3. The van der Waals surface area contributed by atoms with Gasteiger partial charge in [-0.1, -0.05) is 17.8 Å². The number of nitrogens with zero attached hydrogens (tertiary/aromatic N) is 2. The van der Waals surface area contributed by atoms with E-state index in [4.69, 9.17) is 10.2 Å². The average molecular weight is 273 g/mol. The van der Waals surface area contributed by atoms with Gasteiger partial charge in [-0.15, -0.1) is 0 Å². The summed E-state index contributed by atoms with van der Waals surface area (Å²) in [4.78, 5) is 5.77. The van der Waals surface area contributed by atoms with Crippen LogP contribution in [0, 0.1) is 6.92 Å². The molecule has 0 aliphatic carbocycles. The first kappa shape index (κ1) is 12.3. The van der Waals surface area contributed by atoms with Gasteiger partial charge in [0.25, 0.3) is 0 Å². The van der Waals surface area contributed by atoms with Crippen molar-refractivity contribution in [2.45, 2.75) is 23.3 Å². The molecule has 0 fully saturated rings. The van der Waals surface area contributed by atoms with Crippen molar-refractivity contribution < 1.29 is 4.42 Å². The van der Waals surface area contributed by atoms with Crippen molar-refractivity contribution in [2.75, 3.05) is 6.54 Å². The number of aromatic nitrogens is 2. The highest BCUT2D eigenvalue weighted by molar-refractivity contribution is 7.99. The zero-order valence-corrected chi connectivity index (χ0v) is 11.5. The molecule has 3 rings (SSSR count). The molecule has 0 spiro atoms. The van der Waals surface area contributed by atoms with E-state index in [2.05, 4.69) is 9.38 Å². The molecule has 98 valence electrons. The third-order valence-electron chi connectivity index (χ3n) is 2.99. The van der Waals surface area contributed by atoms with Gasteiger partial charge >= 0.3 is 0 Å². The van der Waals surface area contributed by atoms with Gasteiger partial charge in [0.05, 0.1) is 16.9 Å². The molecule has 19 heavy (non-hydrogen) atoms. The van der Waals surface area contributed by atoms with Gasteiger partial charge in [0.1, 0.15) is 16.4 Å². The zero-order chi connectivity index (χ0) is 13.2. The summed E-state index contributed by atoms with van der Waals surface area (Å²) in [5.74, 6) is 0.917. The lowest BCUT2D eigenvalue weighted by molar-refractivity contribution is 0.527. The largest absolute Gasteiger partial charge is 0.468 e. The van der Waals surface area contributed by atoms with Gasteiger partial charge < -0.3 is 14.6 Å². The van der Waals surface area contributed by atoms with Crippen LogP contribution in [0.25, 0.3) is 5.65 Å². The second-order valence-corrected chi connectivity index (χ2v) is 5.30. The maximum Gasteiger partial charge on any atom is 0.138 e. The molecule has 0 unspecified atom stereocenters. The molecule has 0 aromatic carbocycles. The first-order valence-electron chi connectivity index (χ1n) is 6.17. The predicted octanol–water partition coefficient (Wildman–Crippen LogP) is 2.89. The molecular weight excluding hydrogens is 258 g/mol. The Morgan fingerprint density at radius 3 is 3.00 bits per heavy atom. The molecular formula is C14H15N3OS. The van der Waals surface area contributed by atoms with Gasteiger partial charge in [0.15, 0.2) is 0 Å². The van der Waals surface area contributed by atoms with Crippen molar-refractivity contribution in [1.82, 2.24) is 9.38 Å². The fourth-order valence-electron chi connectivity index (χ4n) is 2.05. The molecule has 0 atom stereocenters. The Balaban J connectivity index is 2.07. The fraction of sp³-hybridized carbons (Fsp3) is 0.214. The molecule has 2 N–H and O–H groups in total. The summed E-state index contributed by atoms with van der Waals surface area (Å²) in [6, 6.07) is 7.97. The topological polar surface area (TPSA) is 56.5 Å². The minimum Gasteiger partial charge on any atom is -0.468 e. The van der Waals surface area contributed by atoms with Crippen LogP contribution in [0.5, 0.6) is 0 Å². The smallest absolute Gasteiger partial charge is 0.138 e. The van der Waals surface area contributed by atoms with Crippen molar-refractivity contribution in [2.24, 2.45) is 5.73 Å². The standard InChI is InChI=1S/C14H15N3OS/c1-10-12(6-9-18-10)19-14-11(5-7-15)17-8-3-2-4-13(17)16-14/h2-4,6,8-9H,5,7,15H2,1H3. The van der Waals surface area contributed by atoms with E-state index in [0.29, 0.717) is 6.54 Å². The van der Waals surface area contributed by atoms with Gasteiger partial charge in [0.2, 0.25) is 0 Å². The number of nitrogens with two attached hydrogens (primary N) is 1. The summed E-state index contributed by atoms with van der Waals surface area (Å²) < 4.78 is 7.43. The molecule has 0 amide bonds. The van der Waals surface area contributed by atoms with Gasteiger partial charge in [0, 0.05) is 12.6 Å². The first-order chi connectivity index (χ1) is 9.29. The Bertz CT molecular complexity index is 702. The van der Waals surface area contributed by atoms with Crippen molar-refractivity contribution in [3.63, 3.8) is 0 Å². The molecule has 3 heterocycles. The first-order valence-corrected chi connectivity index (χ1v) is 6.99. The van der Waals surface area contributed by atoms with Crippen LogP contribution in [0.4, 0.5) is 0 Å². The quantitative estimate of drug-likeness (QED) is 0.794.